The van der Waals surface area contributed by atoms with Crippen molar-refractivity contribution in [2.24, 2.45) is 5.92 Å². The van der Waals surface area contributed by atoms with Crippen molar-refractivity contribution in [1.82, 2.24) is 20.2 Å². The number of aromatic nitrogens is 2. The van der Waals surface area contributed by atoms with E-state index < -0.39 is 0 Å². The Balaban J connectivity index is 1.22. The Morgan fingerprint density at radius 1 is 1.05 bits per heavy atom. The van der Waals surface area contributed by atoms with Crippen LogP contribution in [-0.4, -0.2) is 46.3 Å². The zero-order chi connectivity index (χ0) is 26.6. The van der Waals surface area contributed by atoms with Gasteiger partial charge in [0.15, 0.2) is 0 Å². The summed E-state index contributed by atoms with van der Waals surface area (Å²) in [6.45, 7) is 1.87. The Labute approximate surface area is 241 Å². The number of aryl methyl sites for hydroxylation is 2. The molecule has 1 saturated heterocycles. The van der Waals surface area contributed by atoms with Gasteiger partial charge in [0, 0.05) is 70.6 Å². The van der Waals surface area contributed by atoms with Gasteiger partial charge in [-0.25, -0.2) is 0 Å². The van der Waals surface area contributed by atoms with Crippen LogP contribution in [0.2, 0.25) is 10.0 Å². The Kier molecular flexibility index (Phi) is 8.66. The first-order valence-electron chi connectivity index (χ1n) is 13.0. The van der Waals surface area contributed by atoms with Crippen molar-refractivity contribution < 1.29 is 9.59 Å². The number of carbonyl (C=O) groups excluding carboxylic acids is 2. The van der Waals surface area contributed by atoms with E-state index in [1.807, 2.05) is 23.2 Å². The van der Waals surface area contributed by atoms with Crippen molar-refractivity contribution >= 4 is 50.9 Å². The van der Waals surface area contributed by atoms with E-state index in [9.17, 15) is 9.59 Å². The molecule has 0 bridgehead atoms. The lowest BCUT2D eigenvalue weighted by Crippen LogP contribution is -2.40. The van der Waals surface area contributed by atoms with Crippen LogP contribution in [0.4, 0.5) is 0 Å². The third kappa shape index (κ3) is 6.05. The zero-order valence-electron chi connectivity index (χ0n) is 20.9. The number of amides is 2. The van der Waals surface area contributed by atoms with Crippen LogP contribution < -0.4 is 5.32 Å². The standard InChI is InChI=1S/C29H29BrCl2N4O2/c30-22-14-21-4-3-20-15-23(31)16-24(32)26(20)27(28(21)35-17-22)18-7-12-36(13-8-18)25(37)2-1-9-34-29(38)19-5-10-33-11-6-19/h5-6,10-11,14-18,27H,1-4,7-9,12-13H2,(H,34,38). The molecule has 38 heavy (non-hydrogen) atoms. The molecule has 3 heterocycles. The Bertz CT molecular complexity index is 1330. The van der Waals surface area contributed by atoms with E-state index in [-0.39, 0.29) is 17.7 Å². The van der Waals surface area contributed by atoms with Crippen LogP contribution in [0.3, 0.4) is 0 Å². The quantitative estimate of drug-likeness (QED) is 0.334. The van der Waals surface area contributed by atoms with Gasteiger partial charge in [-0.05, 0) is 101 Å². The molecule has 5 rings (SSSR count). The monoisotopic (exact) mass is 614 g/mol. The van der Waals surface area contributed by atoms with Crippen molar-refractivity contribution in [3.63, 3.8) is 0 Å². The van der Waals surface area contributed by atoms with Crippen molar-refractivity contribution in [3.05, 3.63) is 91.4 Å². The predicted octanol–water partition coefficient (Wildman–Crippen LogP) is 6.23. The molecule has 1 N–H and O–H groups in total. The molecule has 1 atom stereocenters. The highest BCUT2D eigenvalue weighted by Gasteiger charge is 2.36. The van der Waals surface area contributed by atoms with Crippen molar-refractivity contribution in [2.75, 3.05) is 19.6 Å². The van der Waals surface area contributed by atoms with Gasteiger partial charge in [0.2, 0.25) is 5.91 Å². The van der Waals surface area contributed by atoms with Gasteiger partial charge in [0.05, 0.1) is 5.69 Å². The fraction of sp³-hybridized carbons (Fsp3) is 0.379. The molecule has 1 aliphatic heterocycles. The number of carbonyl (C=O) groups is 2. The number of pyridine rings is 2. The molecular weight excluding hydrogens is 587 g/mol. The van der Waals surface area contributed by atoms with Crippen molar-refractivity contribution in [3.8, 4) is 0 Å². The van der Waals surface area contributed by atoms with E-state index in [2.05, 4.69) is 32.3 Å². The summed E-state index contributed by atoms with van der Waals surface area (Å²) in [5, 5.41) is 4.23. The van der Waals surface area contributed by atoms with Crippen LogP contribution in [0.5, 0.6) is 0 Å². The fourth-order valence-corrected chi connectivity index (χ4v) is 6.75. The van der Waals surface area contributed by atoms with Gasteiger partial charge >= 0.3 is 0 Å². The topological polar surface area (TPSA) is 75.2 Å². The molecule has 0 radical (unpaired) electrons. The van der Waals surface area contributed by atoms with Crippen LogP contribution in [-0.2, 0) is 17.6 Å². The number of hydrogen-bond donors (Lipinski definition) is 1. The Hall–Kier alpha value is -2.48. The van der Waals surface area contributed by atoms with E-state index in [1.165, 1.54) is 11.1 Å². The summed E-state index contributed by atoms with van der Waals surface area (Å²) in [4.78, 5) is 35.9. The number of rotatable bonds is 6. The molecule has 2 amide bonds. The Morgan fingerprint density at radius 2 is 1.79 bits per heavy atom. The summed E-state index contributed by atoms with van der Waals surface area (Å²) in [6.07, 6.45) is 9.58. The summed E-state index contributed by atoms with van der Waals surface area (Å²) in [7, 11) is 0. The Morgan fingerprint density at radius 3 is 2.55 bits per heavy atom. The van der Waals surface area contributed by atoms with Crippen LogP contribution in [0.15, 0.2) is 53.4 Å². The highest BCUT2D eigenvalue weighted by molar-refractivity contribution is 9.10. The van der Waals surface area contributed by atoms with Crippen molar-refractivity contribution in [1.29, 1.82) is 0 Å². The summed E-state index contributed by atoms with van der Waals surface area (Å²) in [5.41, 5.74) is 5.22. The summed E-state index contributed by atoms with van der Waals surface area (Å²) >= 11 is 16.8. The average molecular weight is 616 g/mol. The van der Waals surface area contributed by atoms with Gasteiger partial charge in [-0.1, -0.05) is 23.2 Å². The van der Waals surface area contributed by atoms with Gasteiger partial charge in [0.25, 0.3) is 5.91 Å². The maximum Gasteiger partial charge on any atom is 0.251 e. The lowest BCUT2D eigenvalue weighted by atomic mass is 9.76. The molecule has 1 aromatic carbocycles. The number of piperidine rings is 1. The first kappa shape index (κ1) is 27.1. The third-order valence-electron chi connectivity index (χ3n) is 7.58. The van der Waals surface area contributed by atoms with Crippen LogP contribution in [0, 0.1) is 5.92 Å². The molecule has 1 aliphatic carbocycles. The molecule has 2 aliphatic rings. The average Bonchev–Trinajstić information content (AvgIpc) is 3.08. The summed E-state index contributed by atoms with van der Waals surface area (Å²) in [5.74, 6) is 0.378. The third-order valence-corrected chi connectivity index (χ3v) is 8.54. The number of fused-ring (bicyclic) bond motifs is 2. The maximum absolute atomic E-state index is 12.9. The minimum atomic E-state index is -0.148. The molecule has 0 spiro atoms. The van der Waals surface area contributed by atoms with Gasteiger partial charge in [-0.2, -0.15) is 0 Å². The molecule has 6 nitrogen and oxygen atoms in total. The number of halogens is 3. The van der Waals surface area contributed by atoms with E-state index >= 15 is 0 Å². The number of nitrogens with one attached hydrogen (secondary N) is 1. The fourth-order valence-electron chi connectivity index (χ4n) is 5.72. The predicted molar refractivity (Wildman–Crippen MR) is 153 cm³/mol. The van der Waals surface area contributed by atoms with E-state index in [1.54, 1.807) is 24.5 Å². The van der Waals surface area contributed by atoms with Crippen molar-refractivity contribution in [2.45, 2.75) is 44.4 Å². The van der Waals surface area contributed by atoms with E-state index in [0.717, 1.165) is 41.4 Å². The SMILES string of the molecule is O=C(NCCCC(=O)N1CCC(C2c3ncc(Br)cc3CCc3cc(Cl)cc(Cl)c32)CC1)c1ccncc1. The number of nitrogens with zero attached hydrogens (tertiary/aromatic N) is 3. The van der Waals surface area contributed by atoms with E-state index in [4.69, 9.17) is 28.2 Å². The summed E-state index contributed by atoms with van der Waals surface area (Å²) in [6, 6.07) is 9.40. The first-order valence-corrected chi connectivity index (χ1v) is 14.5. The minimum absolute atomic E-state index is 0.0704. The van der Waals surface area contributed by atoms with Gasteiger partial charge in [0.1, 0.15) is 0 Å². The van der Waals surface area contributed by atoms with E-state index in [0.29, 0.717) is 54.0 Å². The number of benzene rings is 1. The van der Waals surface area contributed by atoms with Crippen LogP contribution >= 0.6 is 39.1 Å². The van der Waals surface area contributed by atoms with Crippen LogP contribution in [0.1, 0.15) is 64.3 Å². The summed E-state index contributed by atoms with van der Waals surface area (Å²) < 4.78 is 0.975. The number of hydrogen-bond acceptors (Lipinski definition) is 4. The largest absolute Gasteiger partial charge is 0.352 e. The highest BCUT2D eigenvalue weighted by atomic mass is 79.9. The molecule has 9 heteroatoms. The van der Waals surface area contributed by atoms with Crippen LogP contribution in [0.25, 0.3) is 0 Å². The minimum Gasteiger partial charge on any atom is -0.352 e. The normalized spacial score (nSPS) is 17.3. The molecule has 1 unspecified atom stereocenters. The molecule has 3 aromatic rings. The molecule has 198 valence electrons. The molecule has 1 fully saturated rings. The first-order chi connectivity index (χ1) is 18.4. The second-order valence-corrected chi connectivity index (χ2v) is 11.7. The highest BCUT2D eigenvalue weighted by Crippen LogP contribution is 2.46. The smallest absolute Gasteiger partial charge is 0.251 e. The molecule has 0 saturated carbocycles. The molecular formula is C29H29BrCl2N4O2. The number of likely N-dealkylation sites (tertiary alicyclic amines) is 1. The second-order valence-electron chi connectivity index (χ2n) is 9.95. The second kappa shape index (κ2) is 12.1. The van der Waals surface area contributed by atoms with Gasteiger partial charge < -0.3 is 10.2 Å². The lowest BCUT2D eigenvalue weighted by molar-refractivity contribution is -0.132. The molecule has 2 aromatic heterocycles. The maximum atomic E-state index is 12.9. The lowest BCUT2D eigenvalue weighted by Gasteiger charge is -2.37. The zero-order valence-corrected chi connectivity index (χ0v) is 24.0. The van der Waals surface area contributed by atoms with Gasteiger partial charge in [-0.15, -0.1) is 0 Å². The van der Waals surface area contributed by atoms with Gasteiger partial charge in [-0.3, -0.25) is 19.6 Å².